The fourth-order valence-corrected chi connectivity index (χ4v) is 8.18. The molecule has 0 radical (unpaired) electrons. The molecule has 224 valence electrons. The van der Waals surface area contributed by atoms with E-state index >= 15 is 0 Å². The number of rotatable bonds is 12. The van der Waals surface area contributed by atoms with Gasteiger partial charge in [0.2, 0.25) is 5.91 Å². The van der Waals surface area contributed by atoms with E-state index in [1.165, 1.54) is 31.4 Å². The maximum Gasteiger partial charge on any atom is 0.318 e. The Labute approximate surface area is 247 Å². The molecule has 0 atom stereocenters. The molecule has 2 aromatic carbocycles. The first-order valence-corrected chi connectivity index (χ1v) is 15.5. The highest BCUT2D eigenvalue weighted by Gasteiger charge is 2.51. The van der Waals surface area contributed by atoms with Crippen LogP contribution in [-0.2, 0) is 22.5 Å². The third kappa shape index (κ3) is 6.48. The fourth-order valence-electron chi connectivity index (χ4n) is 8.18. The zero-order valence-corrected chi connectivity index (χ0v) is 24.6. The lowest BCUT2D eigenvalue weighted by Gasteiger charge is -2.57. The molecule has 1 heterocycles. The van der Waals surface area contributed by atoms with Crippen molar-refractivity contribution in [1.29, 1.82) is 0 Å². The number of amides is 3. The number of halogens is 1. The van der Waals surface area contributed by atoms with E-state index < -0.39 is 0 Å². The molecular formula is C34H43FN4O3. The normalized spacial score (nSPS) is 24.2. The highest BCUT2D eigenvalue weighted by Crippen LogP contribution is 2.55. The van der Waals surface area contributed by atoms with Crippen molar-refractivity contribution < 1.29 is 18.7 Å². The van der Waals surface area contributed by atoms with E-state index in [-0.39, 0.29) is 29.8 Å². The maximum atomic E-state index is 13.9. The summed E-state index contributed by atoms with van der Waals surface area (Å²) in [5.74, 6) is 1.74. The SMILES string of the molecule is COCCCN(CC(=O)N(CCc1c[nH]c2ccccc12)Cc1ccc(F)cc1)C(=O)NC12CC3CC(CC(C3)C1)C2. The summed E-state index contributed by atoms with van der Waals surface area (Å²) < 4.78 is 18.9. The van der Waals surface area contributed by atoms with Gasteiger partial charge in [-0.15, -0.1) is 0 Å². The van der Waals surface area contributed by atoms with Gasteiger partial charge in [-0.1, -0.05) is 30.3 Å². The van der Waals surface area contributed by atoms with Crippen LogP contribution in [0.15, 0.2) is 54.7 Å². The number of ether oxygens (including phenoxy) is 1. The highest BCUT2D eigenvalue weighted by atomic mass is 19.1. The summed E-state index contributed by atoms with van der Waals surface area (Å²) in [6.45, 7) is 1.81. The molecule has 4 fully saturated rings. The number of aromatic nitrogens is 1. The molecule has 8 heteroatoms. The molecule has 7 rings (SSSR count). The van der Waals surface area contributed by atoms with Gasteiger partial charge in [-0.3, -0.25) is 4.79 Å². The summed E-state index contributed by atoms with van der Waals surface area (Å²) in [6.07, 6.45) is 10.4. The first-order chi connectivity index (χ1) is 20.4. The number of H-pyrrole nitrogens is 1. The molecule has 1 aromatic heterocycles. The molecule has 3 amide bonds. The number of nitrogens with one attached hydrogen (secondary N) is 2. The van der Waals surface area contributed by atoms with Crippen molar-refractivity contribution in [2.24, 2.45) is 17.8 Å². The molecule has 7 nitrogen and oxygen atoms in total. The number of fused-ring (bicyclic) bond motifs is 1. The van der Waals surface area contributed by atoms with Crippen molar-refractivity contribution in [3.8, 4) is 0 Å². The maximum absolute atomic E-state index is 13.9. The van der Waals surface area contributed by atoms with Crippen LogP contribution in [0.4, 0.5) is 9.18 Å². The molecule has 0 unspecified atom stereocenters. The van der Waals surface area contributed by atoms with Gasteiger partial charge in [0.15, 0.2) is 0 Å². The minimum Gasteiger partial charge on any atom is -0.385 e. The second-order valence-electron chi connectivity index (χ2n) is 12.9. The fraction of sp³-hybridized carbons (Fsp3) is 0.529. The molecule has 0 spiro atoms. The monoisotopic (exact) mass is 574 g/mol. The minimum atomic E-state index is -0.305. The zero-order chi connectivity index (χ0) is 29.1. The van der Waals surface area contributed by atoms with Gasteiger partial charge in [-0.25, -0.2) is 9.18 Å². The number of benzene rings is 2. The summed E-state index contributed by atoms with van der Waals surface area (Å²) in [6, 6.07) is 14.3. The smallest absolute Gasteiger partial charge is 0.318 e. The topological polar surface area (TPSA) is 77.7 Å². The number of hydrogen-bond donors (Lipinski definition) is 2. The first kappa shape index (κ1) is 28.7. The van der Waals surface area contributed by atoms with E-state index in [9.17, 15) is 14.0 Å². The van der Waals surface area contributed by atoms with E-state index in [0.29, 0.717) is 39.1 Å². The Hall–Kier alpha value is -3.39. The van der Waals surface area contributed by atoms with Crippen LogP contribution in [0.1, 0.15) is 56.1 Å². The first-order valence-electron chi connectivity index (χ1n) is 15.5. The van der Waals surface area contributed by atoms with Crippen molar-refractivity contribution in [3.63, 3.8) is 0 Å². The zero-order valence-electron chi connectivity index (χ0n) is 24.6. The lowest BCUT2D eigenvalue weighted by molar-refractivity contribution is -0.132. The average Bonchev–Trinajstić information content (AvgIpc) is 3.38. The Bertz CT molecular complexity index is 1350. The molecular weight excluding hydrogens is 531 g/mol. The van der Waals surface area contributed by atoms with Crippen LogP contribution in [0.3, 0.4) is 0 Å². The van der Waals surface area contributed by atoms with Crippen molar-refractivity contribution in [2.45, 2.75) is 63.5 Å². The number of carbonyl (C=O) groups excluding carboxylic acids is 2. The summed E-state index contributed by atoms with van der Waals surface area (Å²) >= 11 is 0. The van der Waals surface area contributed by atoms with Crippen molar-refractivity contribution in [2.75, 3.05) is 33.4 Å². The summed E-state index contributed by atoms with van der Waals surface area (Å²) in [7, 11) is 1.65. The van der Waals surface area contributed by atoms with E-state index in [1.54, 1.807) is 29.0 Å². The Morgan fingerprint density at radius 3 is 2.36 bits per heavy atom. The van der Waals surface area contributed by atoms with Crippen LogP contribution >= 0.6 is 0 Å². The number of urea groups is 1. The molecule has 0 aliphatic heterocycles. The van der Waals surface area contributed by atoms with Gasteiger partial charge in [0.05, 0.1) is 0 Å². The van der Waals surface area contributed by atoms with Crippen LogP contribution in [0, 0.1) is 23.6 Å². The van der Waals surface area contributed by atoms with Crippen molar-refractivity contribution in [1.82, 2.24) is 20.1 Å². The van der Waals surface area contributed by atoms with Crippen LogP contribution in [0.2, 0.25) is 0 Å². The van der Waals surface area contributed by atoms with Crippen LogP contribution in [-0.4, -0.2) is 65.6 Å². The summed E-state index contributed by atoms with van der Waals surface area (Å²) in [5, 5.41) is 4.60. The van der Waals surface area contributed by atoms with E-state index in [2.05, 4.69) is 16.4 Å². The predicted octanol–water partition coefficient (Wildman–Crippen LogP) is 5.90. The van der Waals surface area contributed by atoms with E-state index in [1.807, 2.05) is 24.4 Å². The predicted molar refractivity (Wildman–Crippen MR) is 161 cm³/mol. The van der Waals surface area contributed by atoms with Gasteiger partial charge in [-0.05, 0) is 98.4 Å². The Balaban J connectivity index is 1.17. The highest BCUT2D eigenvalue weighted by molar-refractivity contribution is 5.85. The molecule has 4 bridgehead atoms. The minimum absolute atomic E-state index is 0.00298. The molecule has 4 aliphatic carbocycles. The van der Waals surface area contributed by atoms with E-state index in [4.69, 9.17) is 4.74 Å². The van der Waals surface area contributed by atoms with E-state index in [0.717, 1.165) is 59.0 Å². The summed E-state index contributed by atoms with van der Waals surface area (Å²) in [5.41, 5.74) is 2.93. The van der Waals surface area contributed by atoms with Crippen molar-refractivity contribution in [3.05, 3.63) is 71.7 Å². The number of nitrogens with zero attached hydrogens (tertiary/aromatic N) is 2. The van der Waals surface area contributed by atoms with Gasteiger partial charge in [-0.2, -0.15) is 0 Å². The molecule has 3 aromatic rings. The Morgan fingerprint density at radius 2 is 1.67 bits per heavy atom. The van der Waals surface area contributed by atoms with Gasteiger partial charge in [0, 0.05) is 56.0 Å². The Kier molecular flexibility index (Phi) is 8.52. The largest absolute Gasteiger partial charge is 0.385 e. The lowest BCUT2D eigenvalue weighted by Crippen LogP contribution is -2.62. The number of methoxy groups -OCH3 is 1. The second kappa shape index (κ2) is 12.5. The number of carbonyl (C=O) groups is 2. The third-order valence-electron chi connectivity index (χ3n) is 9.77. The third-order valence-corrected chi connectivity index (χ3v) is 9.77. The molecule has 4 aliphatic rings. The van der Waals surface area contributed by atoms with Gasteiger partial charge in [0.25, 0.3) is 0 Å². The molecule has 2 N–H and O–H groups in total. The molecule has 0 saturated heterocycles. The second-order valence-corrected chi connectivity index (χ2v) is 12.9. The van der Waals surface area contributed by atoms with Crippen LogP contribution in [0.5, 0.6) is 0 Å². The van der Waals surface area contributed by atoms with Gasteiger partial charge >= 0.3 is 6.03 Å². The van der Waals surface area contributed by atoms with Crippen LogP contribution in [0.25, 0.3) is 10.9 Å². The molecule has 42 heavy (non-hydrogen) atoms. The van der Waals surface area contributed by atoms with Gasteiger partial charge in [0.1, 0.15) is 12.4 Å². The lowest BCUT2D eigenvalue weighted by atomic mass is 9.53. The number of hydrogen-bond acceptors (Lipinski definition) is 3. The van der Waals surface area contributed by atoms with Gasteiger partial charge < -0.3 is 24.8 Å². The molecule has 4 saturated carbocycles. The quantitative estimate of drug-likeness (QED) is 0.265. The van der Waals surface area contributed by atoms with Crippen molar-refractivity contribution >= 4 is 22.8 Å². The number of aromatic amines is 1. The average molecular weight is 575 g/mol. The Morgan fingerprint density at radius 1 is 0.976 bits per heavy atom. The summed E-state index contributed by atoms with van der Waals surface area (Å²) in [4.78, 5) is 34.6. The number of para-hydroxylation sites is 1. The standard InChI is InChI=1S/C34H43FN4O3/c1-42-14-4-12-39(33(41)37-34-18-25-15-26(19-34)17-27(16-25)20-34)23-32(40)38(22-24-7-9-29(35)10-8-24)13-11-28-21-36-31-6-3-2-5-30(28)31/h2-3,5-10,21,25-27,36H,4,11-20,22-23H2,1H3,(H,37,41). The van der Waals surface area contributed by atoms with Crippen LogP contribution < -0.4 is 5.32 Å².